The van der Waals surface area contributed by atoms with Crippen molar-refractivity contribution in [2.45, 2.75) is 0 Å². The fourth-order valence-electron chi connectivity index (χ4n) is 1.88. The minimum atomic E-state index is -0.745. The van der Waals surface area contributed by atoms with E-state index < -0.39 is 16.7 Å². The lowest BCUT2D eigenvalue weighted by Gasteiger charge is -2.08. The molecule has 0 unspecified atom stereocenters. The molecule has 25 heavy (non-hydrogen) atoms. The quantitative estimate of drug-likeness (QED) is 0.440. The number of amides is 2. The molecule has 2 rings (SSSR count). The van der Waals surface area contributed by atoms with E-state index in [1.54, 1.807) is 0 Å². The summed E-state index contributed by atoms with van der Waals surface area (Å²) < 4.78 is 9.64. The lowest BCUT2D eigenvalue weighted by molar-refractivity contribution is -0.402. The summed E-state index contributed by atoms with van der Waals surface area (Å²) in [5, 5.41) is 15.8. The number of benzene rings is 1. The zero-order chi connectivity index (χ0) is 18.4. The van der Waals surface area contributed by atoms with Crippen molar-refractivity contribution in [2.75, 3.05) is 25.6 Å². The molecular weight excluding hydrogens is 354 g/mol. The zero-order valence-corrected chi connectivity index (χ0v) is 13.8. The third kappa shape index (κ3) is 4.78. The second-order valence-electron chi connectivity index (χ2n) is 4.79. The van der Waals surface area contributed by atoms with E-state index in [0.717, 1.165) is 6.07 Å². The Morgan fingerprint density at radius 1 is 1.28 bits per heavy atom. The first-order valence-electron chi connectivity index (χ1n) is 7.04. The Hall–Kier alpha value is -2.91. The number of anilines is 1. The van der Waals surface area contributed by atoms with Crippen LogP contribution in [0, 0.1) is 10.1 Å². The van der Waals surface area contributed by atoms with Crippen LogP contribution >= 0.6 is 11.6 Å². The molecule has 2 amide bonds. The van der Waals surface area contributed by atoms with Gasteiger partial charge in [-0.1, -0.05) is 11.6 Å². The maximum absolute atomic E-state index is 12.0. The fourth-order valence-corrected chi connectivity index (χ4v) is 2.15. The molecule has 2 N–H and O–H groups in total. The third-order valence-electron chi connectivity index (χ3n) is 3.06. The Kier molecular flexibility index (Phi) is 6.09. The molecule has 9 nitrogen and oxygen atoms in total. The summed E-state index contributed by atoms with van der Waals surface area (Å²) >= 11 is 6.06. The van der Waals surface area contributed by atoms with Crippen LogP contribution in [-0.2, 0) is 4.74 Å². The molecule has 1 heterocycles. The fraction of sp³-hybridized carbons (Fsp3) is 0.200. The lowest BCUT2D eigenvalue weighted by Crippen LogP contribution is -2.27. The standard InChI is InChI=1S/C15H14ClN3O6/c1-24-7-6-17-14(20)10-3-2-9(8-11(10)16)18-15(21)12-4-5-13(25-12)19(22)23/h2-5,8H,6-7H2,1H3,(H,17,20)(H,18,21). The number of nitrogens with zero attached hydrogens (tertiary/aromatic N) is 1. The Morgan fingerprint density at radius 2 is 2.04 bits per heavy atom. The Labute approximate surface area is 147 Å². The van der Waals surface area contributed by atoms with Gasteiger partial charge in [-0.25, -0.2) is 0 Å². The van der Waals surface area contributed by atoms with Crippen LogP contribution in [0.4, 0.5) is 11.6 Å². The van der Waals surface area contributed by atoms with Crippen LogP contribution < -0.4 is 10.6 Å². The van der Waals surface area contributed by atoms with E-state index in [0.29, 0.717) is 18.8 Å². The summed E-state index contributed by atoms with van der Waals surface area (Å²) in [4.78, 5) is 33.7. The molecule has 0 saturated carbocycles. The van der Waals surface area contributed by atoms with Gasteiger partial charge in [0.1, 0.15) is 4.92 Å². The molecule has 0 bridgehead atoms. The largest absolute Gasteiger partial charge is 0.433 e. The molecule has 0 spiro atoms. The number of methoxy groups -OCH3 is 1. The summed E-state index contributed by atoms with van der Waals surface area (Å²) in [7, 11) is 1.52. The van der Waals surface area contributed by atoms with Crippen LogP contribution in [0.5, 0.6) is 0 Å². The van der Waals surface area contributed by atoms with Gasteiger partial charge in [0.15, 0.2) is 5.76 Å². The smallest absolute Gasteiger partial charge is 0.395 e. The molecule has 0 aliphatic heterocycles. The Balaban J connectivity index is 2.05. The van der Waals surface area contributed by atoms with E-state index in [-0.39, 0.29) is 22.3 Å². The number of halogens is 1. The summed E-state index contributed by atoms with van der Waals surface area (Å²) in [6.45, 7) is 0.703. The van der Waals surface area contributed by atoms with Gasteiger partial charge in [0.25, 0.3) is 11.8 Å². The molecule has 0 aliphatic rings. The van der Waals surface area contributed by atoms with Gasteiger partial charge in [-0.3, -0.25) is 19.7 Å². The van der Waals surface area contributed by atoms with Crippen LogP contribution in [-0.4, -0.2) is 37.0 Å². The second-order valence-corrected chi connectivity index (χ2v) is 5.20. The molecule has 1 aromatic heterocycles. The van der Waals surface area contributed by atoms with Crippen molar-refractivity contribution >= 4 is 35.0 Å². The number of carbonyl (C=O) groups is 2. The highest BCUT2D eigenvalue weighted by molar-refractivity contribution is 6.34. The molecular formula is C15H14ClN3O6. The van der Waals surface area contributed by atoms with Crippen molar-refractivity contribution in [3.8, 4) is 0 Å². The molecule has 0 atom stereocenters. The average Bonchev–Trinajstić information content (AvgIpc) is 3.05. The van der Waals surface area contributed by atoms with Crippen molar-refractivity contribution in [1.29, 1.82) is 0 Å². The van der Waals surface area contributed by atoms with Crippen LogP contribution in [0.15, 0.2) is 34.7 Å². The van der Waals surface area contributed by atoms with Gasteiger partial charge in [-0.05, 0) is 24.3 Å². The molecule has 132 valence electrons. The highest BCUT2D eigenvalue weighted by Crippen LogP contribution is 2.22. The van der Waals surface area contributed by atoms with Gasteiger partial charge in [0, 0.05) is 19.3 Å². The average molecular weight is 368 g/mol. The SMILES string of the molecule is COCCNC(=O)c1ccc(NC(=O)c2ccc([N+](=O)[O-])o2)cc1Cl. The van der Waals surface area contributed by atoms with E-state index >= 15 is 0 Å². The first-order chi connectivity index (χ1) is 11.9. The Morgan fingerprint density at radius 3 is 2.64 bits per heavy atom. The van der Waals surface area contributed by atoms with Crippen LogP contribution in [0.2, 0.25) is 5.02 Å². The van der Waals surface area contributed by atoms with Crippen molar-refractivity contribution in [3.05, 3.63) is 56.8 Å². The molecule has 0 aliphatic carbocycles. The number of ether oxygens (including phenoxy) is 1. The lowest BCUT2D eigenvalue weighted by atomic mass is 10.2. The first kappa shape index (κ1) is 18.4. The zero-order valence-electron chi connectivity index (χ0n) is 13.1. The molecule has 2 aromatic rings. The van der Waals surface area contributed by atoms with Crippen LogP contribution in [0.25, 0.3) is 0 Å². The van der Waals surface area contributed by atoms with E-state index in [4.69, 9.17) is 20.8 Å². The van der Waals surface area contributed by atoms with E-state index in [2.05, 4.69) is 10.6 Å². The maximum atomic E-state index is 12.0. The predicted octanol–water partition coefficient (Wildman–Crippen LogP) is 2.47. The van der Waals surface area contributed by atoms with Crippen molar-refractivity contribution in [2.24, 2.45) is 0 Å². The highest BCUT2D eigenvalue weighted by atomic mass is 35.5. The van der Waals surface area contributed by atoms with E-state index in [1.165, 1.54) is 31.4 Å². The monoisotopic (exact) mass is 367 g/mol. The molecule has 0 radical (unpaired) electrons. The maximum Gasteiger partial charge on any atom is 0.433 e. The van der Waals surface area contributed by atoms with Crippen LogP contribution in [0.1, 0.15) is 20.9 Å². The van der Waals surface area contributed by atoms with Gasteiger partial charge >= 0.3 is 5.88 Å². The summed E-state index contributed by atoms with van der Waals surface area (Å²) in [5.41, 5.74) is 0.548. The normalized spacial score (nSPS) is 10.3. The molecule has 1 aromatic carbocycles. The van der Waals surface area contributed by atoms with E-state index in [1.807, 2.05) is 0 Å². The first-order valence-corrected chi connectivity index (χ1v) is 7.42. The van der Waals surface area contributed by atoms with Crippen molar-refractivity contribution in [3.63, 3.8) is 0 Å². The predicted molar refractivity (Wildman–Crippen MR) is 89.0 cm³/mol. The van der Waals surface area contributed by atoms with Gasteiger partial charge in [-0.2, -0.15) is 0 Å². The second kappa shape index (κ2) is 8.27. The van der Waals surface area contributed by atoms with Gasteiger partial charge in [0.2, 0.25) is 0 Å². The number of furan rings is 1. The van der Waals surface area contributed by atoms with Gasteiger partial charge in [-0.15, -0.1) is 0 Å². The number of nitrogens with one attached hydrogen (secondary N) is 2. The van der Waals surface area contributed by atoms with Crippen LogP contribution in [0.3, 0.4) is 0 Å². The summed E-state index contributed by atoms with van der Waals surface area (Å²) in [5.74, 6) is -1.81. The van der Waals surface area contributed by atoms with Crippen molar-refractivity contribution in [1.82, 2.24) is 5.32 Å². The number of nitro groups is 1. The summed E-state index contributed by atoms with van der Waals surface area (Å²) in [6.07, 6.45) is 0. The topological polar surface area (TPSA) is 124 Å². The van der Waals surface area contributed by atoms with Gasteiger partial charge in [0.05, 0.1) is 23.3 Å². The third-order valence-corrected chi connectivity index (χ3v) is 3.37. The molecule has 0 fully saturated rings. The minimum absolute atomic E-state index is 0.137. The Bertz CT molecular complexity index is 804. The highest BCUT2D eigenvalue weighted by Gasteiger charge is 2.18. The minimum Gasteiger partial charge on any atom is -0.395 e. The number of hydrogen-bond donors (Lipinski definition) is 2. The molecule has 0 saturated heterocycles. The van der Waals surface area contributed by atoms with Crippen molar-refractivity contribution < 1.29 is 23.7 Å². The van der Waals surface area contributed by atoms with E-state index in [9.17, 15) is 19.7 Å². The number of carbonyl (C=O) groups excluding carboxylic acids is 2. The molecule has 10 heteroatoms. The summed E-state index contributed by atoms with van der Waals surface area (Å²) in [6, 6.07) is 6.58. The van der Waals surface area contributed by atoms with Gasteiger partial charge < -0.3 is 19.8 Å². The number of rotatable bonds is 7. The number of hydrogen-bond acceptors (Lipinski definition) is 6.